The number of allylic oxidation sites excluding steroid dienone is 1. The van der Waals surface area contributed by atoms with E-state index in [9.17, 15) is 8.42 Å². The predicted octanol–water partition coefficient (Wildman–Crippen LogP) is 4.39. The highest BCUT2D eigenvalue weighted by molar-refractivity contribution is 7.86. The number of fused-ring (bicyclic) bond motifs is 2. The Kier molecular flexibility index (Phi) is 4.71. The van der Waals surface area contributed by atoms with E-state index in [4.69, 9.17) is 8.92 Å². The van der Waals surface area contributed by atoms with E-state index in [1.807, 2.05) is 6.92 Å². The van der Waals surface area contributed by atoms with Gasteiger partial charge in [-0.1, -0.05) is 24.3 Å². The van der Waals surface area contributed by atoms with Crippen LogP contribution >= 0.6 is 0 Å². The molecule has 5 rings (SSSR count). The molecular formula is C24H25NO4S. The molecular weight excluding hydrogens is 398 g/mol. The molecule has 0 unspecified atom stereocenters. The molecule has 0 amide bonds. The van der Waals surface area contributed by atoms with E-state index in [-0.39, 0.29) is 11.5 Å². The molecule has 0 radical (unpaired) electrons. The first-order chi connectivity index (χ1) is 14.4. The molecule has 0 bridgehead atoms. The topological polar surface area (TPSA) is 55.8 Å². The molecule has 3 aliphatic heterocycles. The normalized spacial score (nSPS) is 17.7. The molecule has 30 heavy (non-hydrogen) atoms. The van der Waals surface area contributed by atoms with E-state index < -0.39 is 10.1 Å². The molecule has 6 heteroatoms. The van der Waals surface area contributed by atoms with Crippen LogP contribution in [0, 0.1) is 6.92 Å². The summed E-state index contributed by atoms with van der Waals surface area (Å²) in [6.45, 7) is 8.02. The zero-order chi connectivity index (χ0) is 20.9. The zero-order valence-corrected chi connectivity index (χ0v) is 17.9. The fourth-order valence-electron chi connectivity index (χ4n) is 4.65. The van der Waals surface area contributed by atoms with E-state index in [0.717, 1.165) is 61.2 Å². The van der Waals surface area contributed by atoms with Gasteiger partial charge in [-0.3, -0.25) is 4.18 Å². The lowest BCUT2D eigenvalue weighted by molar-refractivity contribution is 0.359. The van der Waals surface area contributed by atoms with Gasteiger partial charge in [0.2, 0.25) is 0 Å². The summed E-state index contributed by atoms with van der Waals surface area (Å²) >= 11 is 0. The first-order valence-electron chi connectivity index (χ1n) is 10.4. The molecule has 0 saturated heterocycles. The van der Waals surface area contributed by atoms with Crippen LogP contribution in [-0.2, 0) is 27.1 Å². The largest absolute Gasteiger partial charge is 0.457 e. The van der Waals surface area contributed by atoms with E-state index in [0.29, 0.717) is 5.76 Å². The van der Waals surface area contributed by atoms with Crippen molar-refractivity contribution in [3.05, 3.63) is 71.0 Å². The maximum atomic E-state index is 12.7. The van der Waals surface area contributed by atoms with Crippen LogP contribution in [0.25, 0.3) is 5.57 Å². The van der Waals surface area contributed by atoms with Crippen molar-refractivity contribution in [2.24, 2.45) is 0 Å². The van der Waals surface area contributed by atoms with Crippen molar-refractivity contribution >= 4 is 21.4 Å². The van der Waals surface area contributed by atoms with Gasteiger partial charge in [0.25, 0.3) is 10.1 Å². The molecule has 3 aliphatic rings. The fraction of sp³-hybridized carbons (Fsp3) is 0.333. The predicted molar refractivity (Wildman–Crippen MR) is 117 cm³/mol. The molecule has 5 nitrogen and oxygen atoms in total. The SMILES string of the molecule is C=C1C=C(COS(=O)(=O)c2ccc(C)cc2)c2cc3c4c(c2O1)CCCN4CCC3. The number of benzene rings is 2. The Morgan fingerprint density at radius 3 is 2.63 bits per heavy atom. The lowest BCUT2D eigenvalue weighted by Gasteiger charge is -2.39. The number of rotatable bonds is 4. The third-order valence-corrected chi connectivity index (χ3v) is 7.34. The van der Waals surface area contributed by atoms with Crippen LogP contribution in [0.1, 0.15) is 35.1 Å². The summed E-state index contributed by atoms with van der Waals surface area (Å²) in [7, 11) is -3.85. The number of ether oxygens (including phenoxy) is 1. The quantitative estimate of drug-likeness (QED) is 0.683. The summed E-state index contributed by atoms with van der Waals surface area (Å²) in [4.78, 5) is 2.62. The second-order valence-corrected chi connectivity index (χ2v) is 9.82. The van der Waals surface area contributed by atoms with Crippen molar-refractivity contribution in [1.82, 2.24) is 0 Å². The van der Waals surface area contributed by atoms with Gasteiger partial charge in [-0.2, -0.15) is 8.42 Å². The van der Waals surface area contributed by atoms with Crippen LogP contribution in [-0.4, -0.2) is 28.1 Å². The summed E-state index contributed by atoms with van der Waals surface area (Å²) in [5, 5.41) is 0. The Labute approximate surface area is 177 Å². The summed E-state index contributed by atoms with van der Waals surface area (Å²) < 4.78 is 36.9. The van der Waals surface area contributed by atoms with Gasteiger partial charge in [-0.15, -0.1) is 0 Å². The van der Waals surface area contributed by atoms with Gasteiger partial charge < -0.3 is 9.64 Å². The first kappa shape index (κ1) is 19.4. The molecule has 3 heterocycles. The van der Waals surface area contributed by atoms with Crippen molar-refractivity contribution in [1.29, 1.82) is 0 Å². The molecule has 156 valence electrons. The van der Waals surface area contributed by atoms with Gasteiger partial charge in [0, 0.05) is 29.9 Å². The Hall–Kier alpha value is -2.57. The number of hydrogen-bond acceptors (Lipinski definition) is 5. The number of hydrogen-bond donors (Lipinski definition) is 0. The summed E-state index contributed by atoms with van der Waals surface area (Å²) in [6, 6.07) is 8.84. The van der Waals surface area contributed by atoms with Gasteiger partial charge in [-0.25, -0.2) is 0 Å². The van der Waals surface area contributed by atoms with E-state index in [1.165, 1.54) is 16.8 Å². The maximum absolute atomic E-state index is 12.7. The second-order valence-electron chi connectivity index (χ2n) is 8.20. The van der Waals surface area contributed by atoms with Gasteiger partial charge in [0.1, 0.15) is 11.5 Å². The Morgan fingerprint density at radius 2 is 1.87 bits per heavy atom. The van der Waals surface area contributed by atoms with Crippen molar-refractivity contribution < 1.29 is 17.3 Å². The maximum Gasteiger partial charge on any atom is 0.297 e. The van der Waals surface area contributed by atoms with Crippen molar-refractivity contribution in [2.45, 2.75) is 37.5 Å². The van der Waals surface area contributed by atoms with Crippen molar-refractivity contribution in [2.75, 3.05) is 24.6 Å². The minimum atomic E-state index is -3.85. The molecule has 0 fully saturated rings. The van der Waals surface area contributed by atoms with Gasteiger partial charge in [-0.05, 0) is 68.0 Å². The molecule has 2 aromatic carbocycles. The number of nitrogens with zero attached hydrogens (tertiary/aromatic N) is 1. The van der Waals surface area contributed by atoms with Gasteiger partial charge in [0.15, 0.2) is 0 Å². The lowest BCUT2D eigenvalue weighted by Crippen LogP contribution is -2.35. The first-order valence-corrected chi connectivity index (χ1v) is 11.8. The van der Waals surface area contributed by atoms with Crippen LogP contribution in [0.5, 0.6) is 5.75 Å². The van der Waals surface area contributed by atoms with Crippen molar-refractivity contribution in [3.63, 3.8) is 0 Å². The average molecular weight is 424 g/mol. The summed E-state index contributed by atoms with van der Waals surface area (Å²) in [5.41, 5.74) is 6.57. The van der Waals surface area contributed by atoms with Crippen LogP contribution < -0.4 is 9.64 Å². The summed E-state index contributed by atoms with van der Waals surface area (Å²) in [6.07, 6.45) is 6.01. The number of aryl methyl sites for hydroxylation is 2. The van der Waals surface area contributed by atoms with E-state index in [1.54, 1.807) is 30.3 Å². The molecule has 0 N–H and O–H groups in total. The monoisotopic (exact) mass is 423 g/mol. The van der Waals surface area contributed by atoms with Crippen molar-refractivity contribution in [3.8, 4) is 5.75 Å². The minimum Gasteiger partial charge on any atom is -0.457 e. The molecule has 2 aromatic rings. The lowest BCUT2D eigenvalue weighted by atomic mass is 9.86. The van der Waals surface area contributed by atoms with Gasteiger partial charge >= 0.3 is 0 Å². The fourth-order valence-corrected chi connectivity index (χ4v) is 5.54. The van der Waals surface area contributed by atoms with E-state index in [2.05, 4.69) is 17.5 Å². The zero-order valence-electron chi connectivity index (χ0n) is 17.1. The molecule has 0 atom stereocenters. The second kappa shape index (κ2) is 7.29. The highest BCUT2D eigenvalue weighted by Gasteiger charge is 2.31. The van der Waals surface area contributed by atoms with Gasteiger partial charge in [0.05, 0.1) is 11.5 Å². The van der Waals surface area contributed by atoms with E-state index >= 15 is 0 Å². The Balaban J connectivity index is 1.49. The number of anilines is 1. The minimum absolute atomic E-state index is 0.0481. The highest BCUT2D eigenvalue weighted by atomic mass is 32.2. The van der Waals surface area contributed by atoms with Crippen LogP contribution in [0.3, 0.4) is 0 Å². The van der Waals surface area contributed by atoms with Crippen LogP contribution in [0.4, 0.5) is 5.69 Å². The molecule has 0 saturated carbocycles. The highest BCUT2D eigenvalue weighted by Crippen LogP contribution is 2.46. The summed E-state index contributed by atoms with van der Waals surface area (Å²) in [5.74, 6) is 1.33. The smallest absolute Gasteiger partial charge is 0.297 e. The Morgan fingerprint density at radius 1 is 1.13 bits per heavy atom. The molecule has 0 aromatic heterocycles. The molecule has 0 spiro atoms. The Bertz CT molecular complexity index is 1160. The average Bonchev–Trinajstić information content (AvgIpc) is 2.73. The van der Waals surface area contributed by atoms with Crippen LogP contribution in [0.2, 0.25) is 0 Å². The van der Waals surface area contributed by atoms with Crippen LogP contribution in [0.15, 0.2) is 53.6 Å². The third kappa shape index (κ3) is 3.34. The third-order valence-electron chi connectivity index (χ3n) is 6.07. The standard InChI is InChI=1S/C24H25NO4S/c1-16-7-9-20(10-8-16)30(26,27)28-15-19-13-17(2)29-24-21-6-4-12-25-11-3-5-18(23(21)25)14-22(19)24/h7-10,13-14H,2-6,11-12,15H2,1H3. The molecule has 0 aliphatic carbocycles.